The molecule has 10 nitrogen and oxygen atoms in total. The molecule has 4 amide bonds. The number of hydrogen-bond donors (Lipinski definition) is 4. The second-order valence-corrected chi connectivity index (χ2v) is 11.1. The first kappa shape index (κ1) is 33.8. The molecule has 1 heterocycles. The Balaban J connectivity index is 2.91. The molecule has 0 aromatic heterocycles. The molecule has 7 N–H and O–H groups in total. The van der Waals surface area contributed by atoms with E-state index in [0.29, 0.717) is 51.6 Å². The minimum absolute atomic E-state index is 0.0142. The van der Waals surface area contributed by atoms with E-state index in [1.807, 2.05) is 13.8 Å². The van der Waals surface area contributed by atoms with Crippen molar-refractivity contribution >= 4 is 23.6 Å². The maximum Gasteiger partial charge on any atom is 0.220 e. The molecule has 4 unspecified atom stereocenters. The molecule has 0 aromatic carbocycles. The van der Waals surface area contributed by atoms with Crippen molar-refractivity contribution in [2.24, 2.45) is 52.7 Å². The van der Waals surface area contributed by atoms with Crippen molar-refractivity contribution in [3.63, 3.8) is 0 Å². The van der Waals surface area contributed by atoms with Crippen molar-refractivity contribution in [3.8, 4) is 0 Å². The fourth-order valence-electron chi connectivity index (χ4n) is 5.69. The van der Waals surface area contributed by atoms with Crippen LogP contribution >= 0.6 is 0 Å². The largest absolute Gasteiger partial charge is 0.369 e. The van der Waals surface area contributed by atoms with Crippen molar-refractivity contribution < 1.29 is 28.7 Å². The molecule has 0 saturated carbocycles. The van der Waals surface area contributed by atoms with E-state index < -0.39 is 29.9 Å². The lowest BCUT2D eigenvalue weighted by atomic mass is 9.79. The summed E-state index contributed by atoms with van der Waals surface area (Å²) >= 11 is 0. The number of carbonyl (C=O) groups excluding carboxylic acids is 4. The van der Waals surface area contributed by atoms with Crippen molar-refractivity contribution in [2.75, 3.05) is 6.61 Å². The second kappa shape index (κ2) is 16.7. The average molecular weight is 541 g/mol. The summed E-state index contributed by atoms with van der Waals surface area (Å²) in [4.78, 5) is 47.9. The summed E-state index contributed by atoms with van der Waals surface area (Å²) in [6, 6.07) is -0.251. The molecule has 38 heavy (non-hydrogen) atoms. The van der Waals surface area contributed by atoms with Crippen LogP contribution in [0.15, 0.2) is 0 Å². The van der Waals surface area contributed by atoms with Gasteiger partial charge in [0.2, 0.25) is 23.6 Å². The van der Waals surface area contributed by atoms with Crippen LogP contribution in [0.5, 0.6) is 0 Å². The first-order valence-corrected chi connectivity index (χ1v) is 14.3. The van der Waals surface area contributed by atoms with Crippen LogP contribution in [0, 0.1) is 35.5 Å². The van der Waals surface area contributed by atoms with Crippen LogP contribution in [0.1, 0.15) is 92.9 Å². The molecular formula is C28H52N4O6. The van der Waals surface area contributed by atoms with Gasteiger partial charge < -0.3 is 32.0 Å². The Morgan fingerprint density at radius 1 is 0.842 bits per heavy atom. The lowest BCUT2D eigenvalue weighted by Crippen LogP contribution is -2.57. The minimum atomic E-state index is -0.554. The fourth-order valence-corrected chi connectivity index (χ4v) is 5.69. The topological polar surface area (TPSA) is 177 Å². The van der Waals surface area contributed by atoms with Crippen LogP contribution < -0.4 is 22.5 Å². The van der Waals surface area contributed by atoms with Gasteiger partial charge in [0.1, 0.15) is 0 Å². The first-order valence-electron chi connectivity index (χ1n) is 14.3. The normalized spacial score (nSPS) is 26.6. The number of carbonyl (C=O) groups is 4. The number of ether oxygens (including phenoxy) is 2. The van der Waals surface area contributed by atoms with Crippen LogP contribution in [-0.4, -0.2) is 48.7 Å². The summed E-state index contributed by atoms with van der Waals surface area (Å²) in [5.41, 5.74) is 16.8. The smallest absolute Gasteiger partial charge is 0.220 e. The Morgan fingerprint density at radius 3 is 1.84 bits per heavy atom. The number of amides is 4. The van der Waals surface area contributed by atoms with Crippen molar-refractivity contribution in [1.29, 1.82) is 0 Å². The van der Waals surface area contributed by atoms with Crippen LogP contribution in [-0.2, 0) is 28.7 Å². The van der Waals surface area contributed by atoms with Gasteiger partial charge in [-0.05, 0) is 69.1 Å². The van der Waals surface area contributed by atoms with Gasteiger partial charge in [0.05, 0.1) is 12.1 Å². The summed E-state index contributed by atoms with van der Waals surface area (Å²) in [5, 5.41) is 2.99. The number of nitrogens with two attached hydrogens (primary N) is 3. The van der Waals surface area contributed by atoms with Gasteiger partial charge in [-0.2, -0.15) is 0 Å². The van der Waals surface area contributed by atoms with Crippen LogP contribution in [0.4, 0.5) is 0 Å². The predicted molar refractivity (Wildman–Crippen MR) is 146 cm³/mol. The maximum absolute atomic E-state index is 12.3. The van der Waals surface area contributed by atoms with E-state index in [1.165, 1.54) is 6.92 Å². The summed E-state index contributed by atoms with van der Waals surface area (Å²) in [6.45, 7) is 12.0. The van der Waals surface area contributed by atoms with Gasteiger partial charge in [-0.25, -0.2) is 0 Å². The Kier molecular flexibility index (Phi) is 14.9. The van der Waals surface area contributed by atoms with E-state index in [0.717, 1.165) is 6.42 Å². The summed E-state index contributed by atoms with van der Waals surface area (Å²) < 4.78 is 12.4. The van der Waals surface area contributed by atoms with Crippen molar-refractivity contribution in [1.82, 2.24) is 5.32 Å². The zero-order valence-corrected chi connectivity index (χ0v) is 24.2. The second-order valence-electron chi connectivity index (χ2n) is 11.1. The van der Waals surface area contributed by atoms with Gasteiger partial charge in [-0.3, -0.25) is 19.2 Å². The van der Waals surface area contributed by atoms with Gasteiger partial charge in [0.25, 0.3) is 0 Å². The van der Waals surface area contributed by atoms with Crippen molar-refractivity contribution in [2.45, 2.75) is 111 Å². The Hall–Kier alpha value is -2.20. The molecule has 0 spiro atoms. The highest BCUT2D eigenvalue weighted by molar-refractivity contribution is 5.80. The maximum atomic E-state index is 12.3. The summed E-state index contributed by atoms with van der Waals surface area (Å²) in [7, 11) is 0. The SMILES string of the molecule is CCC(CC(CCCO[C@H]1O[C@H](CC)[C@@H](C)[C@H](C)[C@H]1NC(C)=O)CC(CC(CC)C(N)=O)C(N)=O)C(N)=O. The first-order chi connectivity index (χ1) is 17.9. The van der Waals surface area contributed by atoms with Crippen LogP contribution in [0.2, 0.25) is 0 Å². The quantitative estimate of drug-likeness (QED) is 0.194. The molecule has 0 aliphatic carbocycles. The van der Waals surface area contributed by atoms with Gasteiger partial charge >= 0.3 is 0 Å². The molecule has 10 heteroatoms. The standard InChI is InChI=1S/C28H52N4O6/c1-7-20(25(29)34)13-19(14-22(27(31)36)15-21(8-2)26(30)35)11-10-12-37-28-24(32-18(6)33)17(5)16(4)23(9-3)38-28/h16-17,19-24,28H,7-15H2,1-6H3,(H2,29,34)(H2,30,35)(H2,31,36)(H,32,33)/t16-,17-,19?,20?,21?,22?,23+,24+,28-/m0/s1. The summed E-state index contributed by atoms with van der Waals surface area (Å²) in [5.74, 6) is -2.23. The van der Waals surface area contributed by atoms with Gasteiger partial charge in [-0.15, -0.1) is 0 Å². The molecule has 0 aromatic rings. The highest BCUT2D eigenvalue weighted by Crippen LogP contribution is 2.34. The molecule has 0 bridgehead atoms. The van der Waals surface area contributed by atoms with E-state index in [4.69, 9.17) is 26.7 Å². The zero-order valence-electron chi connectivity index (χ0n) is 24.2. The third-order valence-electron chi connectivity index (χ3n) is 8.39. The van der Waals surface area contributed by atoms with E-state index in [2.05, 4.69) is 26.1 Å². The van der Waals surface area contributed by atoms with Gasteiger partial charge in [0, 0.05) is 31.3 Å². The molecule has 1 saturated heterocycles. The zero-order chi connectivity index (χ0) is 29.0. The van der Waals surface area contributed by atoms with E-state index in [1.54, 1.807) is 0 Å². The third kappa shape index (κ3) is 10.5. The predicted octanol–water partition coefficient (Wildman–Crippen LogP) is 2.61. The highest BCUT2D eigenvalue weighted by atomic mass is 16.7. The Morgan fingerprint density at radius 2 is 1.37 bits per heavy atom. The lowest BCUT2D eigenvalue weighted by molar-refractivity contribution is -0.236. The fraction of sp³-hybridized carbons (Fsp3) is 0.857. The van der Waals surface area contributed by atoms with Crippen molar-refractivity contribution in [3.05, 3.63) is 0 Å². The van der Waals surface area contributed by atoms with E-state index in [9.17, 15) is 19.2 Å². The molecule has 0 radical (unpaired) electrons. The van der Waals surface area contributed by atoms with E-state index in [-0.39, 0.29) is 47.6 Å². The van der Waals surface area contributed by atoms with Gasteiger partial charge in [0.15, 0.2) is 6.29 Å². The molecule has 9 atom stereocenters. The third-order valence-corrected chi connectivity index (χ3v) is 8.39. The molecule has 1 fully saturated rings. The Bertz CT molecular complexity index is 778. The Labute approximate surface area is 228 Å². The minimum Gasteiger partial charge on any atom is -0.369 e. The molecule has 1 rings (SSSR count). The number of primary amides is 3. The summed E-state index contributed by atoms with van der Waals surface area (Å²) in [6.07, 6.45) is 4.09. The number of hydrogen-bond acceptors (Lipinski definition) is 6. The molecule has 1 aliphatic rings. The molecule has 1 aliphatic heterocycles. The average Bonchev–Trinajstić information content (AvgIpc) is 2.85. The van der Waals surface area contributed by atoms with Crippen LogP contribution in [0.3, 0.4) is 0 Å². The molecular weight excluding hydrogens is 488 g/mol. The highest BCUT2D eigenvalue weighted by Gasteiger charge is 2.41. The number of nitrogens with one attached hydrogen (secondary N) is 1. The van der Waals surface area contributed by atoms with Crippen LogP contribution in [0.25, 0.3) is 0 Å². The number of rotatable bonds is 18. The van der Waals surface area contributed by atoms with E-state index >= 15 is 0 Å². The lowest BCUT2D eigenvalue weighted by Gasteiger charge is -2.44. The molecule has 220 valence electrons. The van der Waals surface area contributed by atoms with Gasteiger partial charge in [-0.1, -0.05) is 34.6 Å². The monoisotopic (exact) mass is 540 g/mol.